The van der Waals surface area contributed by atoms with Gasteiger partial charge in [0, 0.05) is 29.1 Å². The number of hydrogen-bond donors (Lipinski definition) is 1. The van der Waals surface area contributed by atoms with E-state index in [9.17, 15) is 4.79 Å². The van der Waals surface area contributed by atoms with E-state index in [1.165, 1.54) is 17.3 Å². The maximum atomic E-state index is 12.2. The molecule has 0 aromatic carbocycles. The van der Waals surface area contributed by atoms with Gasteiger partial charge in [0.2, 0.25) is 5.91 Å². The average Bonchev–Trinajstić information content (AvgIpc) is 2.72. The fourth-order valence-corrected chi connectivity index (χ4v) is 4.98. The largest absolute Gasteiger partial charge is 0.327 e. The van der Waals surface area contributed by atoms with Gasteiger partial charge in [-0.15, -0.1) is 0 Å². The van der Waals surface area contributed by atoms with Gasteiger partial charge in [0.15, 0.2) is 0 Å². The summed E-state index contributed by atoms with van der Waals surface area (Å²) in [6.07, 6.45) is 1.06. The van der Waals surface area contributed by atoms with E-state index in [0.717, 1.165) is 19.6 Å². The van der Waals surface area contributed by atoms with Gasteiger partial charge in [-0.2, -0.15) is 23.5 Å². The summed E-state index contributed by atoms with van der Waals surface area (Å²) in [6, 6.07) is 0.0567. The van der Waals surface area contributed by atoms with Crippen LogP contribution >= 0.6 is 23.5 Å². The Morgan fingerprint density at radius 3 is 3.00 bits per heavy atom. The van der Waals surface area contributed by atoms with Crippen molar-refractivity contribution in [2.45, 2.75) is 31.6 Å². The predicted octanol–water partition coefficient (Wildman–Crippen LogP) is 1.64. The van der Waals surface area contributed by atoms with Gasteiger partial charge in [-0.1, -0.05) is 20.3 Å². The van der Waals surface area contributed by atoms with Gasteiger partial charge in [0.25, 0.3) is 0 Å². The van der Waals surface area contributed by atoms with Crippen LogP contribution in [0.4, 0.5) is 0 Å². The molecule has 0 bridgehead atoms. The molecule has 2 heterocycles. The van der Waals surface area contributed by atoms with Crippen LogP contribution in [-0.4, -0.2) is 52.6 Å². The molecule has 2 fully saturated rings. The lowest BCUT2D eigenvalue weighted by Gasteiger charge is -2.26. The van der Waals surface area contributed by atoms with Crippen LogP contribution in [0.3, 0.4) is 0 Å². The SMILES string of the molecule is CCC(C)C1NCN(CC2CSCCS2)C1=O. The molecular weight excluding hydrogens is 252 g/mol. The van der Waals surface area contributed by atoms with Crippen LogP contribution in [0.15, 0.2) is 0 Å². The Kier molecular flexibility index (Phi) is 5.06. The first-order valence-electron chi connectivity index (χ1n) is 6.44. The minimum absolute atomic E-state index is 0.0567. The molecule has 1 N–H and O–H groups in total. The monoisotopic (exact) mass is 274 g/mol. The molecular formula is C12H22N2OS2. The third-order valence-corrected chi connectivity index (χ3v) is 6.43. The van der Waals surface area contributed by atoms with Crippen LogP contribution in [-0.2, 0) is 4.79 Å². The second-order valence-corrected chi connectivity index (χ2v) is 7.41. The van der Waals surface area contributed by atoms with Gasteiger partial charge in [-0.3, -0.25) is 10.1 Å². The van der Waals surface area contributed by atoms with E-state index >= 15 is 0 Å². The quantitative estimate of drug-likeness (QED) is 0.845. The van der Waals surface area contributed by atoms with Crippen molar-refractivity contribution in [2.24, 2.45) is 5.92 Å². The zero-order chi connectivity index (χ0) is 12.3. The second kappa shape index (κ2) is 6.34. The first kappa shape index (κ1) is 13.6. The molecule has 5 heteroatoms. The van der Waals surface area contributed by atoms with Gasteiger partial charge in [-0.25, -0.2) is 0 Å². The normalized spacial score (nSPS) is 31.9. The highest BCUT2D eigenvalue weighted by Crippen LogP contribution is 2.26. The number of amides is 1. The first-order chi connectivity index (χ1) is 8.22. The number of carbonyl (C=O) groups is 1. The summed E-state index contributed by atoms with van der Waals surface area (Å²) in [7, 11) is 0. The van der Waals surface area contributed by atoms with Crippen molar-refractivity contribution in [2.75, 3.05) is 30.5 Å². The first-order valence-corrected chi connectivity index (χ1v) is 8.64. The average molecular weight is 274 g/mol. The Labute approximate surface area is 112 Å². The van der Waals surface area contributed by atoms with Gasteiger partial charge in [-0.05, 0) is 5.92 Å². The minimum Gasteiger partial charge on any atom is -0.327 e. The molecule has 3 unspecified atom stereocenters. The molecule has 17 heavy (non-hydrogen) atoms. The van der Waals surface area contributed by atoms with Crippen molar-refractivity contribution in [3.63, 3.8) is 0 Å². The lowest BCUT2D eigenvalue weighted by atomic mass is 9.99. The maximum Gasteiger partial charge on any atom is 0.241 e. The van der Waals surface area contributed by atoms with Gasteiger partial charge in [0.1, 0.15) is 0 Å². The van der Waals surface area contributed by atoms with Crippen molar-refractivity contribution in [3.05, 3.63) is 0 Å². The predicted molar refractivity (Wildman–Crippen MR) is 76.5 cm³/mol. The van der Waals surface area contributed by atoms with E-state index in [0.29, 0.717) is 17.1 Å². The Balaban J connectivity index is 1.84. The lowest BCUT2D eigenvalue weighted by Crippen LogP contribution is -2.38. The second-order valence-electron chi connectivity index (χ2n) is 4.85. The third-order valence-electron chi connectivity index (χ3n) is 3.60. The molecule has 0 aromatic rings. The van der Waals surface area contributed by atoms with Crippen LogP contribution in [0.2, 0.25) is 0 Å². The number of nitrogens with one attached hydrogen (secondary N) is 1. The lowest BCUT2D eigenvalue weighted by molar-refractivity contribution is -0.129. The van der Waals surface area contributed by atoms with Crippen LogP contribution in [0, 0.1) is 5.92 Å². The topological polar surface area (TPSA) is 32.3 Å². The summed E-state index contributed by atoms with van der Waals surface area (Å²) in [5, 5.41) is 3.99. The van der Waals surface area contributed by atoms with Crippen molar-refractivity contribution in [1.29, 1.82) is 0 Å². The van der Waals surface area contributed by atoms with Crippen molar-refractivity contribution in [3.8, 4) is 0 Å². The summed E-state index contributed by atoms with van der Waals surface area (Å²) in [5.41, 5.74) is 0. The number of hydrogen-bond acceptors (Lipinski definition) is 4. The Hall–Kier alpha value is 0.130. The molecule has 2 rings (SSSR count). The number of rotatable bonds is 4. The molecule has 98 valence electrons. The third kappa shape index (κ3) is 3.32. The van der Waals surface area contributed by atoms with E-state index < -0.39 is 0 Å². The smallest absolute Gasteiger partial charge is 0.241 e. The number of nitrogens with zero attached hydrogens (tertiary/aromatic N) is 1. The summed E-state index contributed by atoms with van der Waals surface area (Å²) < 4.78 is 0. The van der Waals surface area contributed by atoms with E-state index in [2.05, 4.69) is 19.2 Å². The Morgan fingerprint density at radius 2 is 2.35 bits per heavy atom. The van der Waals surface area contributed by atoms with E-state index in [1.807, 2.05) is 28.4 Å². The fourth-order valence-electron chi connectivity index (χ4n) is 2.29. The summed E-state index contributed by atoms with van der Waals surface area (Å²) in [5.74, 6) is 4.46. The fraction of sp³-hybridized carbons (Fsp3) is 0.917. The molecule has 2 aliphatic rings. The van der Waals surface area contributed by atoms with Crippen LogP contribution in [0.25, 0.3) is 0 Å². The molecule has 0 saturated carbocycles. The highest BCUT2D eigenvalue weighted by molar-refractivity contribution is 8.06. The molecule has 3 nitrogen and oxygen atoms in total. The van der Waals surface area contributed by atoms with Crippen LogP contribution in [0.5, 0.6) is 0 Å². The Morgan fingerprint density at radius 1 is 1.53 bits per heavy atom. The van der Waals surface area contributed by atoms with Crippen LogP contribution in [0.1, 0.15) is 20.3 Å². The zero-order valence-corrected chi connectivity index (χ0v) is 12.3. The highest BCUT2D eigenvalue weighted by atomic mass is 32.2. The summed E-state index contributed by atoms with van der Waals surface area (Å²) in [6.45, 7) is 5.98. The van der Waals surface area contributed by atoms with E-state index in [1.54, 1.807) is 0 Å². The molecule has 0 aliphatic carbocycles. The highest BCUT2D eigenvalue weighted by Gasteiger charge is 2.35. The van der Waals surface area contributed by atoms with Crippen molar-refractivity contribution in [1.82, 2.24) is 10.2 Å². The number of carbonyl (C=O) groups excluding carboxylic acids is 1. The summed E-state index contributed by atoms with van der Waals surface area (Å²) in [4.78, 5) is 14.2. The van der Waals surface area contributed by atoms with Crippen LogP contribution < -0.4 is 5.32 Å². The van der Waals surface area contributed by atoms with E-state index in [-0.39, 0.29) is 6.04 Å². The maximum absolute atomic E-state index is 12.2. The molecule has 2 aliphatic heterocycles. The summed E-state index contributed by atoms with van der Waals surface area (Å²) >= 11 is 4.04. The standard InChI is InChI=1S/C12H22N2OS2/c1-3-9(2)11-12(15)14(8-13-11)6-10-7-16-4-5-17-10/h9-11,13H,3-8H2,1-2H3. The zero-order valence-electron chi connectivity index (χ0n) is 10.6. The molecule has 0 aromatic heterocycles. The Bertz CT molecular complexity index is 269. The molecule has 1 amide bonds. The minimum atomic E-state index is 0.0567. The van der Waals surface area contributed by atoms with E-state index in [4.69, 9.17) is 0 Å². The van der Waals surface area contributed by atoms with Gasteiger partial charge >= 0.3 is 0 Å². The molecule has 2 saturated heterocycles. The number of thioether (sulfide) groups is 2. The molecule has 0 spiro atoms. The van der Waals surface area contributed by atoms with Gasteiger partial charge in [0.05, 0.1) is 12.7 Å². The van der Waals surface area contributed by atoms with Gasteiger partial charge < -0.3 is 4.90 Å². The molecule has 3 atom stereocenters. The van der Waals surface area contributed by atoms with Crippen molar-refractivity contribution < 1.29 is 4.79 Å². The molecule has 0 radical (unpaired) electrons. The van der Waals surface area contributed by atoms with Crippen molar-refractivity contribution >= 4 is 29.4 Å².